The normalized spacial score (nSPS) is 15.9. The van der Waals surface area contributed by atoms with Crippen LogP contribution in [0.4, 0.5) is 0 Å². The first-order valence-electron chi connectivity index (χ1n) is 7.00. The number of nitrogens with zero attached hydrogens (tertiary/aromatic N) is 1. The van der Waals surface area contributed by atoms with E-state index in [-0.39, 0.29) is 21.4 Å². The van der Waals surface area contributed by atoms with Crippen LogP contribution >= 0.6 is 0 Å². The summed E-state index contributed by atoms with van der Waals surface area (Å²) in [4.78, 5) is 3.78. The van der Waals surface area contributed by atoms with Gasteiger partial charge in [-0.3, -0.25) is 4.98 Å². The Balaban J connectivity index is 0.000000304. The van der Waals surface area contributed by atoms with Crippen LogP contribution in [0.25, 0.3) is 0 Å². The molecule has 0 radical (unpaired) electrons. The standard InChI is InChI=1S/C9H15B3O3.C5H5N/c1-4-7-10-13-11(8-5-2)15-12(14-10)9-6-3;1-2-4-6-5-3-1/h4-9H,1-3H3;1-5H/b7-4+,8-5+,9-6+;. The summed E-state index contributed by atoms with van der Waals surface area (Å²) in [7, 11) is -1.02. The van der Waals surface area contributed by atoms with Crippen LogP contribution in [-0.4, -0.2) is 26.3 Å². The average molecular weight is 283 g/mol. The summed E-state index contributed by atoms with van der Waals surface area (Å²) in [6.45, 7) is 5.78. The van der Waals surface area contributed by atoms with E-state index in [9.17, 15) is 0 Å². The third kappa shape index (κ3) is 7.70. The molecule has 0 saturated carbocycles. The van der Waals surface area contributed by atoms with E-state index in [4.69, 9.17) is 13.7 Å². The molecule has 4 nitrogen and oxygen atoms in total. The number of allylic oxidation sites excluding steroid dienone is 3. The second kappa shape index (κ2) is 11.1. The molecule has 1 fully saturated rings. The average Bonchev–Trinajstić information content (AvgIpc) is 2.50. The summed E-state index contributed by atoms with van der Waals surface area (Å²) in [5.41, 5.74) is 0. The molecule has 0 bridgehead atoms. The first kappa shape index (κ1) is 17.5. The molecule has 1 aliphatic heterocycles. The van der Waals surface area contributed by atoms with Crippen molar-refractivity contribution in [3.63, 3.8) is 0 Å². The molecule has 1 saturated heterocycles. The van der Waals surface area contributed by atoms with Crippen molar-refractivity contribution in [2.24, 2.45) is 0 Å². The van der Waals surface area contributed by atoms with Crippen LogP contribution < -0.4 is 0 Å². The van der Waals surface area contributed by atoms with Gasteiger partial charge in [-0.05, 0) is 32.9 Å². The molecule has 1 aromatic heterocycles. The predicted molar refractivity (Wildman–Crippen MR) is 89.2 cm³/mol. The predicted octanol–water partition coefficient (Wildman–Crippen LogP) is 2.94. The van der Waals surface area contributed by atoms with Gasteiger partial charge in [-0.1, -0.05) is 42.2 Å². The SMILES string of the molecule is C/C=C/B1OB(/C=C/C)OB(/C=C/C)O1.c1ccncc1. The van der Waals surface area contributed by atoms with Gasteiger partial charge < -0.3 is 13.7 Å². The fourth-order valence-electron chi connectivity index (χ4n) is 1.55. The van der Waals surface area contributed by atoms with E-state index in [0.29, 0.717) is 0 Å². The molecule has 2 rings (SSSR count). The Morgan fingerprint density at radius 1 is 0.667 bits per heavy atom. The Bertz CT molecular complexity index is 379. The minimum absolute atomic E-state index is 0.342. The summed E-state index contributed by atoms with van der Waals surface area (Å²) < 4.78 is 16.5. The van der Waals surface area contributed by atoms with Crippen LogP contribution in [0.3, 0.4) is 0 Å². The lowest BCUT2D eigenvalue weighted by Crippen LogP contribution is -2.46. The van der Waals surface area contributed by atoms with Crippen molar-refractivity contribution < 1.29 is 13.7 Å². The van der Waals surface area contributed by atoms with E-state index in [0.717, 1.165) is 0 Å². The molecule has 1 aliphatic rings. The largest absolute Gasteiger partial charge is 0.458 e. The fraction of sp³-hybridized carbons (Fsp3) is 0.214. The summed E-state index contributed by atoms with van der Waals surface area (Å²) in [5, 5.41) is 0. The number of aromatic nitrogens is 1. The molecule has 0 N–H and O–H groups in total. The quantitative estimate of drug-likeness (QED) is 0.799. The first-order valence-corrected chi connectivity index (χ1v) is 7.00. The Morgan fingerprint density at radius 3 is 1.24 bits per heavy atom. The van der Waals surface area contributed by atoms with Crippen molar-refractivity contribution in [2.75, 3.05) is 0 Å². The molecule has 1 aromatic rings. The maximum Gasteiger partial charge on any atom is 0.458 e. The van der Waals surface area contributed by atoms with E-state index in [1.807, 2.05) is 75.1 Å². The highest BCUT2D eigenvalue weighted by Gasteiger charge is 2.36. The zero-order valence-corrected chi connectivity index (χ0v) is 12.8. The van der Waals surface area contributed by atoms with E-state index < -0.39 is 0 Å². The van der Waals surface area contributed by atoms with Gasteiger partial charge in [-0.2, -0.15) is 0 Å². The second-order valence-electron chi connectivity index (χ2n) is 4.12. The van der Waals surface area contributed by atoms with Gasteiger partial charge in [0.1, 0.15) is 0 Å². The highest BCUT2D eigenvalue weighted by Crippen LogP contribution is 2.10. The minimum Gasteiger partial charge on any atom is -0.445 e. The van der Waals surface area contributed by atoms with Gasteiger partial charge in [0, 0.05) is 12.4 Å². The molecule has 0 spiro atoms. The zero-order valence-electron chi connectivity index (χ0n) is 12.8. The summed E-state index contributed by atoms with van der Waals surface area (Å²) >= 11 is 0. The van der Waals surface area contributed by atoms with E-state index in [1.165, 1.54) is 0 Å². The lowest BCUT2D eigenvalue weighted by atomic mass is 9.69. The Labute approximate surface area is 128 Å². The van der Waals surface area contributed by atoms with E-state index >= 15 is 0 Å². The first-order chi connectivity index (χ1) is 10.3. The molecule has 7 heteroatoms. The van der Waals surface area contributed by atoms with E-state index in [1.54, 1.807) is 12.4 Å². The molecule has 0 amide bonds. The Kier molecular flexibility index (Phi) is 9.28. The van der Waals surface area contributed by atoms with Gasteiger partial charge in [0.05, 0.1) is 0 Å². The summed E-state index contributed by atoms with van der Waals surface area (Å²) in [6.07, 6.45) is 9.19. The number of hydrogen-bond acceptors (Lipinski definition) is 4. The van der Waals surface area contributed by atoms with Gasteiger partial charge in [0.25, 0.3) is 0 Å². The number of hydrogen-bond donors (Lipinski definition) is 0. The van der Waals surface area contributed by atoms with Crippen molar-refractivity contribution in [1.29, 1.82) is 0 Å². The van der Waals surface area contributed by atoms with Gasteiger partial charge in [0.15, 0.2) is 0 Å². The number of pyridine rings is 1. The van der Waals surface area contributed by atoms with Crippen LogP contribution in [0.2, 0.25) is 0 Å². The molecular formula is C14H20B3NO3. The maximum absolute atomic E-state index is 5.49. The van der Waals surface area contributed by atoms with Crippen molar-refractivity contribution in [3.8, 4) is 0 Å². The molecule has 108 valence electrons. The third-order valence-corrected chi connectivity index (χ3v) is 2.42. The molecule has 21 heavy (non-hydrogen) atoms. The van der Waals surface area contributed by atoms with Gasteiger partial charge >= 0.3 is 21.4 Å². The summed E-state index contributed by atoms with van der Waals surface area (Å²) in [6, 6.07) is 5.72. The summed E-state index contributed by atoms with van der Waals surface area (Å²) in [5.74, 6) is 5.57. The van der Waals surface area contributed by atoms with Gasteiger partial charge in [-0.15, -0.1) is 0 Å². The van der Waals surface area contributed by atoms with Crippen LogP contribution in [0.1, 0.15) is 20.8 Å². The van der Waals surface area contributed by atoms with Gasteiger partial charge in [-0.25, -0.2) is 0 Å². The Hall–Kier alpha value is -1.56. The third-order valence-electron chi connectivity index (χ3n) is 2.42. The molecule has 0 aromatic carbocycles. The van der Waals surface area contributed by atoms with Crippen LogP contribution in [0.15, 0.2) is 66.7 Å². The highest BCUT2D eigenvalue weighted by atomic mass is 16.7. The smallest absolute Gasteiger partial charge is 0.445 e. The van der Waals surface area contributed by atoms with Crippen molar-refractivity contribution in [2.45, 2.75) is 20.8 Å². The lowest BCUT2D eigenvalue weighted by molar-refractivity contribution is 0.305. The second-order valence-corrected chi connectivity index (χ2v) is 4.12. The zero-order chi connectivity index (χ0) is 15.3. The van der Waals surface area contributed by atoms with Crippen molar-refractivity contribution in [3.05, 3.63) is 66.7 Å². The van der Waals surface area contributed by atoms with Gasteiger partial charge in [0.2, 0.25) is 0 Å². The highest BCUT2D eigenvalue weighted by molar-refractivity contribution is 6.78. The molecule has 2 heterocycles. The molecular weight excluding hydrogens is 263 g/mol. The van der Waals surface area contributed by atoms with E-state index in [2.05, 4.69) is 4.98 Å². The monoisotopic (exact) mass is 283 g/mol. The van der Waals surface area contributed by atoms with Crippen LogP contribution in [-0.2, 0) is 13.7 Å². The van der Waals surface area contributed by atoms with Crippen molar-refractivity contribution in [1.82, 2.24) is 4.98 Å². The minimum atomic E-state index is -0.342. The maximum atomic E-state index is 5.49. The fourth-order valence-corrected chi connectivity index (χ4v) is 1.55. The topological polar surface area (TPSA) is 40.6 Å². The molecule has 0 atom stereocenters. The molecule has 0 aliphatic carbocycles. The van der Waals surface area contributed by atoms with Crippen LogP contribution in [0, 0.1) is 0 Å². The number of rotatable bonds is 3. The lowest BCUT2D eigenvalue weighted by Gasteiger charge is -2.26. The van der Waals surface area contributed by atoms with Crippen molar-refractivity contribution >= 4 is 21.4 Å². The molecule has 0 unspecified atom stereocenters. The Morgan fingerprint density at radius 2 is 1.05 bits per heavy atom. The van der Waals surface area contributed by atoms with Crippen LogP contribution in [0.5, 0.6) is 0 Å².